The largest absolute Gasteiger partial charge is 0.477 e. The summed E-state index contributed by atoms with van der Waals surface area (Å²) in [5.74, 6) is -0.604. The minimum atomic E-state index is -1.07. The van der Waals surface area contributed by atoms with Gasteiger partial charge in [0.1, 0.15) is 4.91 Å². The Morgan fingerprint density at radius 2 is 2.00 bits per heavy atom. The van der Waals surface area contributed by atoms with Gasteiger partial charge in [-0.2, -0.15) is 0 Å². The molecular formula is C22H17Cl2N3O3S. The molecular weight excluding hydrogens is 457 g/mol. The van der Waals surface area contributed by atoms with Crippen molar-refractivity contribution < 1.29 is 14.3 Å². The van der Waals surface area contributed by atoms with Gasteiger partial charge in [-0.25, -0.2) is 4.79 Å². The first kappa shape index (κ1) is 21.5. The van der Waals surface area contributed by atoms with Crippen LogP contribution in [0.4, 0.5) is 0 Å². The van der Waals surface area contributed by atoms with Gasteiger partial charge >= 0.3 is 5.97 Å². The molecule has 0 saturated carbocycles. The van der Waals surface area contributed by atoms with Crippen LogP contribution in [0.1, 0.15) is 23.9 Å². The first-order valence-electron chi connectivity index (χ1n) is 9.41. The lowest BCUT2D eigenvalue weighted by Crippen LogP contribution is -1.98. The van der Waals surface area contributed by atoms with E-state index < -0.39 is 5.97 Å². The lowest BCUT2D eigenvalue weighted by atomic mass is 10.1. The van der Waals surface area contributed by atoms with Gasteiger partial charge in [0.05, 0.1) is 10.0 Å². The van der Waals surface area contributed by atoms with Crippen molar-refractivity contribution in [3.8, 4) is 0 Å². The lowest BCUT2D eigenvalue weighted by Gasteiger charge is -2.06. The zero-order chi connectivity index (χ0) is 22.0. The summed E-state index contributed by atoms with van der Waals surface area (Å²) < 4.78 is 7.50. The van der Waals surface area contributed by atoms with E-state index in [2.05, 4.69) is 10.2 Å². The average molecular weight is 474 g/mol. The number of nitrogens with zero attached hydrogens (tertiary/aromatic N) is 3. The molecule has 4 aromatic rings. The quantitative estimate of drug-likeness (QED) is 0.255. The molecule has 0 spiro atoms. The van der Waals surface area contributed by atoms with Crippen molar-refractivity contribution in [2.45, 2.75) is 25.1 Å². The number of rotatable bonds is 7. The van der Waals surface area contributed by atoms with Crippen LogP contribution in [0, 0.1) is 0 Å². The molecule has 0 unspecified atom stereocenters. The van der Waals surface area contributed by atoms with Crippen molar-refractivity contribution in [1.82, 2.24) is 14.8 Å². The molecule has 0 bridgehead atoms. The van der Waals surface area contributed by atoms with Crippen LogP contribution in [0.15, 0.2) is 63.2 Å². The smallest absolute Gasteiger partial charge is 0.342 e. The molecule has 4 rings (SSSR count). The highest BCUT2D eigenvalue weighted by Gasteiger charge is 2.17. The van der Waals surface area contributed by atoms with Crippen molar-refractivity contribution in [1.29, 1.82) is 0 Å². The molecule has 0 aliphatic heterocycles. The van der Waals surface area contributed by atoms with Crippen molar-refractivity contribution >= 4 is 57.9 Å². The number of aryl methyl sites for hydroxylation is 1. The molecule has 0 saturated heterocycles. The predicted octanol–water partition coefficient (Wildman–Crippen LogP) is 6.16. The molecule has 158 valence electrons. The number of para-hydroxylation sites is 1. The topological polar surface area (TPSA) is 81.2 Å². The van der Waals surface area contributed by atoms with Crippen LogP contribution in [-0.4, -0.2) is 25.8 Å². The Labute approximate surface area is 192 Å². The highest BCUT2D eigenvalue weighted by molar-refractivity contribution is 8.03. The van der Waals surface area contributed by atoms with E-state index in [0.717, 1.165) is 33.8 Å². The summed E-state index contributed by atoms with van der Waals surface area (Å²) in [7, 11) is 0. The number of thioether (sulfide) groups is 1. The fourth-order valence-corrected chi connectivity index (χ4v) is 4.15. The Balaban J connectivity index is 1.72. The van der Waals surface area contributed by atoms with Crippen molar-refractivity contribution in [3.05, 3.63) is 80.6 Å². The number of aliphatic carboxylic acids is 1. The number of benzene rings is 2. The number of hydrogen-bond acceptors (Lipinski definition) is 5. The lowest BCUT2D eigenvalue weighted by molar-refractivity contribution is -0.131. The molecule has 6 nitrogen and oxygen atoms in total. The molecule has 2 aromatic heterocycles. The monoisotopic (exact) mass is 473 g/mol. The molecule has 31 heavy (non-hydrogen) atoms. The minimum absolute atomic E-state index is 0.0868. The normalized spacial score (nSPS) is 11.9. The van der Waals surface area contributed by atoms with E-state index in [1.54, 1.807) is 12.1 Å². The Hall–Kier alpha value is -2.74. The van der Waals surface area contributed by atoms with Crippen LogP contribution in [0.25, 0.3) is 17.0 Å². The highest BCUT2D eigenvalue weighted by atomic mass is 35.5. The Morgan fingerprint density at radius 3 is 2.71 bits per heavy atom. The molecule has 0 atom stereocenters. The minimum Gasteiger partial charge on any atom is -0.477 e. The zero-order valence-corrected chi connectivity index (χ0v) is 18.7. The molecule has 9 heteroatoms. The summed E-state index contributed by atoms with van der Waals surface area (Å²) in [4.78, 5) is 12.0. The number of hydrogen-bond donors (Lipinski definition) is 1. The molecule has 0 radical (unpaired) electrons. The second-order valence-electron chi connectivity index (χ2n) is 6.71. The van der Waals surface area contributed by atoms with Gasteiger partial charge in [-0.3, -0.25) is 0 Å². The summed E-state index contributed by atoms with van der Waals surface area (Å²) in [5, 5.41) is 19.6. The number of fused-ring (bicyclic) bond motifs is 1. The van der Waals surface area contributed by atoms with E-state index in [1.807, 2.05) is 54.1 Å². The first-order chi connectivity index (χ1) is 14.9. The van der Waals surface area contributed by atoms with E-state index >= 15 is 0 Å². The number of carboxylic acids is 1. The highest BCUT2D eigenvalue weighted by Crippen LogP contribution is 2.31. The van der Waals surface area contributed by atoms with Crippen LogP contribution in [0.3, 0.4) is 0 Å². The van der Waals surface area contributed by atoms with Crippen molar-refractivity contribution in [3.63, 3.8) is 0 Å². The van der Waals surface area contributed by atoms with Gasteiger partial charge in [0.25, 0.3) is 5.22 Å². The second kappa shape index (κ2) is 9.18. The molecule has 1 N–H and O–H groups in total. The summed E-state index contributed by atoms with van der Waals surface area (Å²) in [6.45, 7) is 2.45. The van der Waals surface area contributed by atoms with Crippen molar-refractivity contribution in [2.75, 3.05) is 0 Å². The maximum atomic E-state index is 11.9. The van der Waals surface area contributed by atoms with Gasteiger partial charge in [0.2, 0.25) is 5.89 Å². The SMILES string of the molecule is CCc1nnc(S/C(=C\c2cn(Cc3ccc(Cl)c(Cl)c3)c3ccccc23)C(=O)O)o1. The zero-order valence-electron chi connectivity index (χ0n) is 16.4. The fourth-order valence-electron chi connectivity index (χ4n) is 3.15. The van der Waals surface area contributed by atoms with Gasteiger partial charge in [-0.1, -0.05) is 54.4 Å². The molecule has 0 amide bonds. The molecule has 2 heterocycles. The molecule has 0 aliphatic rings. The fraction of sp³-hybridized carbons (Fsp3) is 0.136. The molecule has 2 aromatic carbocycles. The third-order valence-electron chi connectivity index (χ3n) is 4.60. The van der Waals surface area contributed by atoms with Gasteiger partial charge in [-0.15, -0.1) is 10.2 Å². The van der Waals surface area contributed by atoms with Crippen molar-refractivity contribution in [2.24, 2.45) is 0 Å². The number of carbonyl (C=O) groups is 1. The standard InChI is InChI=1S/C22H17Cl2N3O3S/c1-2-20-25-26-22(30-20)31-19(21(28)29)10-14-12-27(18-6-4-3-5-15(14)18)11-13-7-8-16(23)17(24)9-13/h3-10,12H,2,11H2,1H3,(H,28,29)/b19-10-. The molecule has 0 fully saturated rings. The maximum absolute atomic E-state index is 11.9. The maximum Gasteiger partial charge on any atom is 0.342 e. The third kappa shape index (κ3) is 4.79. The summed E-state index contributed by atoms with van der Waals surface area (Å²) in [5.41, 5.74) is 2.73. The van der Waals surface area contributed by atoms with Gasteiger partial charge in [-0.05, 0) is 41.6 Å². The van der Waals surface area contributed by atoms with Gasteiger partial charge in [0, 0.05) is 35.6 Å². The van der Waals surface area contributed by atoms with Crippen LogP contribution in [0.2, 0.25) is 10.0 Å². The Bertz CT molecular complexity index is 1300. The molecule has 0 aliphatic carbocycles. The van der Waals surface area contributed by atoms with E-state index in [1.165, 1.54) is 0 Å². The van der Waals surface area contributed by atoms with Crippen LogP contribution in [-0.2, 0) is 17.8 Å². The number of carboxylic acid groups (broad SMARTS) is 1. The van der Waals surface area contributed by atoms with Crippen LogP contribution < -0.4 is 0 Å². The van der Waals surface area contributed by atoms with E-state index in [9.17, 15) is 9.90 Å². The van der Waals surface area contributed by atoms with E-state index in [-0.39, 0.29) is 10.1 Å². The Morgan fingerprint density at radius 1 is 1.19 bits per heavy atom. The third-order valence-corrected chi connectivity index (χ3v) is 6.19. The Kier molecular flexibility index (Phi) is 6.36. The predicted molar refractivity (Wildman–Crippen MR) is 123 cm³/mol. The average Bonchev–Trinajstić information content (AvgIpc) is 3.35. The summed E-state index contributed by atoms with van der Waals surface area (Å²) in [6.07, 6.45) is 4.13. The number of halogens is 2. The number of aromatic nitrogens is 3. The second-order valence-corrected chi connectivity index (χ2v) is 8.52. The van der Waals surface area contributed by atoms with Crippen LogP contribution >= 0.6 is 35.0 Å². The van der Waals surface area contributed by atoms with Gasteiger partial charge < -0.3 is 14.1 Å². The van der Waals surface area contributed by atoms with Crippen LogP contribution in [0.5, 0.6) is 0 Å². The van der Waals surface area contributed by atoms with E-state index in [0.29, 0.717) is 28.9 Å². The van der Waals surface area contributed by atoms with E-state index in [4.69, 9.17) is 27.6 Å². The summed E-state index contributed by atoms with van der Waals surface area (Å²) >= 11 is 13.1. The first-order valence-corrected chi connectivity index (χ1v) is 11.0. The van der Waals surface area contributed by atoms with Gasteiger partial charge in [0.15, 0.2) is 0 Å². The summed E-state index contributed by atoms with van der Waals surface area (Å²) in [6, 6.07) is 13.3.